The second kappa shape index (κ2) is 6.72. The molecule has 1 fully saturated rings. The molecular weight excluding hydrogens is 317 g/mol. The van der Waals surface area contributed by atoms with Crippen molar-refractivity contribution in [3.63, 3.8) is 0 Å². The minimum atomic E-state index is -0.0777. The number of benzene rings is 2. The summed E-state index contributed by atoms with van der Waals surface area (Å²) in [6.45, 7) is 1.43. The fraction of sp³-hybridized carbons (Fsp3) is 0.278. The molecule has 1 amide bonds. The van der Waals surface area contributed by atoms with Crippen LogP contribution in [0.15, 0.2) is 42.5 Å². The van der Waals surface area contributed by atoms with Crippen LogP contribution < -0.4 is 0 Å². The smallest absolute Gasteiger partial charge is 0.256 e. The van der Waals surface area contributed by atoms with E-state index in [-0.39, 0.29) is 5.91 Å². The maximum absolute atomic E-state index is 12.6. The zero-order valence-electron chi connectivity index (χ0n) is 12.1. The van der Waals surface area contributed by atoms with E-state index in [1.165, 1.54) is 5.56 Å². The second-order valence-corrected chi connectivity index (χ2v) is 6.30. The van der Waals surface area contributed by atoms with Crippen LogP contribution in [0.5, 0.6) is 0 Å². The van der Waals surface area contributed by atoms with E-state index in [0.717, 1.165) is 12.8 Å². The first kappa shape index (κ1) is 15.4. The quantitative estimate of drug-likeness (QED) is 0.772. The van der Waals surface area contributed by atoms with Crippen molar-refractivity contribution in [3.05, 3.63) is 69.7 Å². The Kier molecular flexibility index (Phi) is 4.70. The molecule has 0 unspecified atom stereocenters. The summed E-state index contributed by atoms with van der Waals surface area (Å²) < 4.78 is 0. The lowest BCUT2D eigenvalue weighted by Crippen LogP contribution is -2.38. The first-order valence-electron chi connectivity index (χ1n) is 7.36. The molecule has 0 saturated carbocycles. The molecule has 3 rings (SSSR count). The Balaban J connectivity index is 1.70. The van der Waals surface area contributed by atoms with Crippen LogP contribution in [-0.2, 0) is 0 Å². The number of likely N-dealkylation sites (tertiary alicyclic amines) is 1. The maximum Gasteiger partial charge on any atom is 0.256 e. The molecule has 1 radical (unpaired) electrons. The highest BCUT2D eigenvalue weighted by molar-refractivity contribution is 6.39. The lowest BCUT2D eigenvalue weighted by Gasteiger charge is -2.32. The minimum absolute atomic E-state index is 0.0777. The van der Waals surface area contributed by atoms with Gasteiger partial charge in [-0.2, -0.15) is 0 Å². The number of carbonyl (C=O) groups excluding carboxylic acids is 1. The standard InChI is InChI=1S/C18H16Cl2NO/c19-15-7-4-8-16(20)17(15)18(22)21-11-9-14(10-12-21)13-5-2-1-3-6-13/h1-5,7-8,14H,9-12H2. The van der Waals surface area contributed by atoms with Gasteiger partial charge in [0, 0.05) is 13.1 Å². The fourth-order valence-electron chi connectivity index (χ4n) is 2.91. The second-order valence-electron chi connectivity index (χ2n) is 5.48. The van der Waals surface area contributed by atoms with Gasteiger partial charge in [0.05, 0.1) is 15.6 Å². The number of amides is 1. The zero-order chi connectivity index (χ0) is 15.5. The molecule has 0 N–H and O–H groups in total. The molecule has 4 heteroatoms. The van der Waals surface area contributed by atoms with Crippen molar-refractivity contribution in [1.29, 1.82) is 0 Å². The van der Waals surface area contributed by atoms with Gasteiger partial charge in [0.1, 0.15) is 0 Å². The van der Waals surface area contributed by atoms with Crippen LogP contribution in [0, 0.1) is 6.07 Å². The molecule has 0 aromatic heterocycles. The molecule has 2 aromatic rings. The number of nitrogens with zero attached hydrogens (tertiary/aromatic N) is 1. The van der Waals surface area contributed by atoms with Crippen LogP contribution in [0.4, 0.5) is 0 Å². The highest BCUT2D eigenvalue weighted by Gasteiger charge is 2.26. The van der Waals surface area contributed by atoms with Gasteiger partial charge in [-0.05, 0) is 42.5 Å². The minimum Gasteiger partial charge on any atom is -0.339 e. The van der Waals surface area contributed by atoms with Crippen LogP contribution in [0.3, 0.4) is 0 Å². The predicted octanol–water partition coefficient (Wildman–Crippen LogP) is 4.81. The lowest BCUT2D eigenvalue weighted by atomic mass is 9.89. The highest BCUT2D eigenvalue weighted by Crippen LogP contribution is 2.31. The van der Waals surface area contributed by atoms with Gasteiger partial charge in [-0.25, -0.2) is 0 Å². The Morgan fingerprint density at radius 2 is 1.73 bits per heavy atom. The topological polar surface area (TPSA) is 20.3 Å². The number of piperidine rings is 1. The Hall–Kier alpha value is -1.51. The van der Waals surface area contributed by atoms with Gasteiger partial charge >= 0.3 is 0 Å². The van der Waals surface area contributed by atoms with Crippen LogP contribution in [0.2, 0.25) is 10.0 Å². The first-order valence-corrected chi connectivity index (χ1v) is 8.12. The summed E-state index contributed by atoms with van der Waals surface area (Å²) in [6, 6.07) is 16.5. The summed E-state index contributed by atoms with van der Waals surface area (Å²) in [7, 11) is 0. The summed E-state index contributed by atoms with van der Waals surface area (Å²) in [5.74, 6) is 0.387. The normalized spacial score (nSPS) is 15.8. The Bertz CT molecular complexity index is 644. The fourth-order valence-corrected chi connectivity index (χ4v) is 3.47. The highest BCUT2D eigenvalue weighted by atomic mass is 35.5. The average Bonchev–Trinajstić information content (AvgIpc) is 2.55. The van der Waals surface area contributed by atoms with E-state index in [0.29, 0.717) is 34.6 Å². The van der Waals surface area contributed by atoms with Gasteiger partial charge in [-0.1, -0.05) is 53.5 Å². The van der Waals surface area contributed by atoms with Crippen molar-refractivity contribution in [3.8, 4) is 0 Å². The van der Waals surface area contributed by atoms with E-state index < -0.39 is 0 Å². The number of rotatable bonds is 2. The third-order valence-electron chi connectivity index (χ3n) is 4.13. The summed E-state index contributed by atoms with van der Waals surface area (Å²) >= 11 is 12.3. The molecule has 1 aliphatic rings. The number of hydrogen-bond acceptors (Lipinski definition) is 1. The SMILES string of the molecule is O=C(c1c(Cl)cccc1Cl)N1CCC(c2[c]cccc2)CC1. The third kappa shape index (κ3) is 3.13. The molecule has 1 heterocycles. The van der Waals surface area contributed by atoms with Crippen molar-refractivity contribution in [2.24, 2.45) is 0 Å². The van der Waals surface area contributed by atoms with Crippen molar-refractivity contribution in [2.75, 3.05) is 13.1 Å². The molecule has 0 aliphatic carbocycles. The maximum atomic E-state index is 12.6. The Morgan fingerprint density at radius 1 is 1.05 bits per heavy atom. The third-order valence-corrected chi connectivity index (χ3v) is 4.76. The van der Waals surface area contributed by atoms with E-state index in [2.05, 4.69) is 12.1 Å². The first-order chi connectivity index (χ1) is 10.7. The van der Waals surface area contributed by atoms with Gasteiger partial charge in [-0.3, -0.25) is 4.79 Å². The van der Waals surface area contributed by atoms with Gasteiger partial charge in [0.15, 0.2) is 0 Å². The van der Waals surface area contributed by atoms with Crippen LogP contribution in [0.25, 0.3) is 0 Å². The van der Waals surface area contributed by atoms with Crippen molar-refractivity contribution < 1.29 is 4.79 Å². The number of hydrogen-bond donors (Lipinski definition) is 0. The van der Waals surface area contributed by atoms with Crippen molar-refractivity contribution in [1.82, 2.24) is 4.90 Å². The van der Waals surface area contributed by atoms with E-state index in [9.17, 15) is 4.79 Å². The van der Waals surface area contributed by atoms with Crippen LogP contribution in [0.1, 0.15) is 34.7 Å². The molecule has 2 nitrogen and oxygen atoms in total. The molecular formula is C18H16Cl2NO. The molecule has 1 aliphatic heterocycles. The van der Waals surface area contributed by atoms with Crippen LogP contribution >= 0.6 is 23.2 Å². The Morgan fingerprint density at radius 3 is 2.32 bits per heavy atom. The summed E-state index contributed by atoms with van der Waals surface area (Å²) in [6.07, 6.45) is 1.88. The molecule has 113 valence electrons. The zero-order valence-corrected chi connectivity index (χ0v) is 13.6. The molecule has 0 bridgehead atoms. The van der Waals surface area contributed by atoms with Gasteiger partial charge in [-0.15, -0.1) is 0 Å². The molecule has 0 spiro atoms. The molecule has 1 saturated heterocycles. The van der Waals surface area contributed by atoms with E-state index in [4.69, 9.17) is 23.2 Å². The number of carbonyl (C=O) groups is 1. The lowest BCUT2D eigenvalue weighted by molar-refractivity contribution is 0.0713. The van der Waals surface area contributed by atoms with Gasteiger partial charge in [0.2, 0.25) is 0 Å². The van der Waals surface area contributed by atoms with Crippen molar-refractivity contribution >= 4 is 29.1 Å². The summed E-state index contributed by atoms with van der Waals surface area (Å²) in [4.78, 5) is 14.5. The average molecular weight is 333 g/mol. The summed E-state index contributed by atoms with van der Waals surface area (Å²) in [5, 5.41) is 0.826. The van der Waals surface area contributed by atoms with Crippen molar-refractivity contribution in [2.45, 2.75) is 18.8 Å². The Labute approximate surface area is 140 Å². The monoisotopic (exact) mass is 332 g/mol. The molecule has 22 heavy (non-hydrogen) atoms. The summed E-state index contributed by atoms with van der Waals surface area (Å²) in [5.41, 5.74) is 1.64. The van der Waals surface area contributed by atoms with E-state index in [1.54, 1.807) is 18.2 Å². The van der Waals surface area contributed by atoms with Crippen LogP contribution in [-0.4, -0.2) is 23.9 Å². The van der Waals surface area contributed by atoms with Gasteiger partial charge in [0.25, 0.3) is 5.91 Å². The number of halogens is 2. The van der Waals surface area contributed by atoms with E-state index >= 15 is 0 Å². The molecule has 0 atom stereocenters. The predicted molar refractivity (Wildman–Crippen MR) is 89.6 cm³/mol. The van der Waals surface area contributed by atoms with Gasteiger partial charge < -0.3 is 4.90 Å². The molecule has 2 aromatic carbocycles. The van der Waals surface area contributed by atoms with E-state index in [1.807, 2.05) is 23.1 Å². The largest absolute Gasteiger partial charge is 0.339 e.